The Balaban J connectivity index is 2.98. The zero-order valence-corrected chi connectivity index (χ0v) is 6.26. The van der Waals surface area contributed by atoms with E-state index in [9.17, 15) is 0 Å². The summed E-state index contributed by atoms with van der Waals surface area (Å²) in [5.41, 5.74) is 0. The fourth-order valence-electron chi connectivity index (χ4n) is 0.255. The molecule has 0 fully saturated rings. The molecule has 0 radical (unpaired) electrons. The molecule has 0 saturated carbocycles. The van der Waals surface area contributed by atoms with E-state index in [0.717, 1.165) is 4.43 Å². The van der Waals surface area contributed by atoms with Gasteiger partial charge in [0.25, 0.3) is 0 Å². The van der Waals surface area contributed by atoms with E-state index in [-0.39, 0.29) is 6.10 Å². The lowest BCUT2D eigenvalue weighted by Crippen LogP contribution is -2.04. The van der Waals surface area contributed by atoms with E-state index >= 15 is 0 Å². The molecule has 1 N–H and O–H groups in total. The predicted octanol–water partition coefficient (Wildman–Crippen LogP) is 1.36. The van der Waals surface area contributed by atoms with Crippen molar-refractivity contribution in [2.24, 2.45) is 0 Å². The van der Waals surface area contributed by atoms with Crippen molar-refractivity contribution >= 4 is 22.6 Å². The first-order valence-electron chi connectivity index (χ1n) is 2.16. The first kappa shape index (κ1) is 7.43. The van der Waals surface area contributed by atoms with Gasteiger partial charge in [-0.25, -0.2) is 0 Å². The minimum Gasteiger partial charge on any atom is -0.392 e. The van der Waals surface area contributed by atoms with Crippen LogP contribution in [0.4, 0.5) is 0 Å². The SMILES string of the molecule is C=CCC(O)CI. The van der Waals surface area contributed by atoms with Gasteiger partial charge >= 0.3 is 0 Å². The number of rotatable bonds is 3. The Labute approximate surface area is 57.6 Å². The van der Waals surface area contributed by atoms with E-state index in [2.05, 4.69) is 29.2 Å². The summed E-state index contributed by atoms with van der Waals surface area (Å²) in [6.07, 6.45) is 2.25. The van der Waals surface area contributed by atoms with E-state index in [1.165, 1.54) is 0 Å². The monoisotopic (exact) mass is 212 g/mol. The second-order valence-corrected chi connectivity index (χ2v) is 2.21. The molecular formula is C5H9IO. The summed E-state index contributed by atoms with van der Waals surface area (Å²) >= 11 is 2.14. The number of hydrogen-bond acceptors (Lipinski definition) is 1. The highest BCUT2D eigenvalue weighted by Gasteiger charge is 1.93. The Morgan fingerprint density at radius 3 is 2.57 bits per heavy atom. The van der Waals surface area contributed by atoms with Crippen LogP contribution in [0.5, 0.6) is 0 Å². The molecular weight excluding hydrogens is 203 g/mol. The third-order valence-electron chi connectivity index (χ3n) is 0.617. The molecule has 1 atom stereocenters. The fourth-order valence-corrected chi connectivity index (χ4v) is 0.615. The second kappa shape index (κ2) is 4.59. The van der Waals surface area contributed by atoms with Crippen molar-refractivity contribution < 1.29 is 5.11 Å². The van der Waals surface area contributed by atoms with Gasteiger partial charge in [-0.3, -0.25) is 0 Å². The molecule has 0 aromatic carbocycles. The lowest BCUT2D eigenvalue weighted by atomic mass is 10.3. The van der Waals surface area contributed by atoms with Crippen molar-refractivity contribution in [1.29, 1.82) is 0 Å². The van der Waals surface area contributed by atoms with Gasteiger partial charge in [-0.15, -0.1) is 6.58 Å². The molecule has 0 aromatic rings. The van der Waals surface area contributed by atoms with Gasteiger partial charge < -0.3 is 5.11 Å². The van der Waals surface area contributed by atoms with Crippen molar-refractivity contribution in [2.45, 2.75) is 12.5 Å². The molecule has 42 valence electrons. The quantitative estimate of drug-likeness (QED) is 0.425. The molecule has 7 heavy (non-hydrogen) atoms. The van der Waals surface area contributed by atoms with E-state index in [4.69, 9.17) is 5.11 Å². The van der Waals surface area contributed by atoms with Crippen LogP contribution in [0.1, 0.15) is 6.42 Å². The van der Waals surface area contributed by atoms with Crippen LogP contribution in [0.3, 0.4) is 0 Å². The van der Waals surface area contributed by atoms with E-state index < -0.39 is 0 Å². The maximum Gasteiger partial charge on any atom is 0.0663 e. The second-order valence-electron chi connectivity index (χ2n) is 1.33. The van der Waals surface area contributed by atoms with E-state index in [1.54, 1.807) is 6.08 Å². The van der Waals surface area contributed by atoms with Crippen LogP contribution in [0, 0.1) is 0 Å². The van der Waals surface area contributed by atoms with Crippen LogP contribution in [0.2, 0.25) is 0 Å². The zero-order valence-electron chi connectivity index (χ0n) is 4.10. The van der Waals surface area contributed by atoms with Crippen LogP contribution >= 0.6 is 22.6 Å². The van der Waals surface area contributed by atoms with Gasteiger partial charge in [-0.05, 0) is 6.42 Å². The number of hydrogen-bond donors (Lipinski definition) is 1. The summed E-state index contributed by atoms with van der Waals surface area (Å²) in [6, 6.07) is 0. The molecule has 1 unspecified atom stereocenters. The Kier molecular flexibility index (Phi) is 4.87. The maximum atomic E-state index is 8.78. The Morgan fingerprint density at radius 1 is 1.86 bits per heavy atom. The minimum absolute atomic E-state index is 0.182. The standard InChI is InChI=1S/C5H9IO/c1-2-3-5(7)4-6/h2,5,7H,1,3-4H2. The number of aliphatic hydroxyl groups is 1. The summed E-state index contributed by atoms with van der Waals surface area (Å²) in [5, 5.41) is 8.78. The molecule has 0 saturated heterocycles. The third-order valence-corrected chi connectivity index (χ3v) is 1.63. The first-order valence-corrected chi connectivity index (χ1v) is 3.68. The van der Waals surface area contributed by atoms with Crippen molar-refractivity contribution in [3.05, 3.63) is 12.7 Å². The topological polar surface area (TPSA) is 20.2 Å². The molecule has 0 amide bonds. The molecule has 0 aliphatic carbocycles. The summed E-state index contributed by atoms with van der Waals surface area (Å²) in [6.45, 7) is 3.49. The first-order chi connectivity index (χ1) is 3.31. The Hall–Kier alpha value is 0.430. The van der Waals surface area contributed by atoms with E-state index in [0.29, 0.717) is 6.42 Å². The largest absolute Gasteiger partial charge is 0.392 e. The average molecular weight is 212 g/mol. The molecule has 0 rings (SSSR count). The van der Waals surface area contributed by atoms with Crippen LogP contribution in [0.25, 0.3) is 0 Å². The molecule has 0 bridgehead atoms. The number of halogens is 1. The third kappa shape index (κ3) is 4.28. The molecule has 0 heterocycles. The molecule has 0 spiro atoms. The average Bonchev–Trinajstić information content (AvgIpc) is 1.68. The Morgan fingerprint density at radius 2 is 2.43 bits per heavy atom. The highest BCUT2D eigenvalue weighted by molar-refractivity contribution is 14.1. The molecule has 1 nitrogen and oxygen atoms in total. The van der Waals surface area contributed by atoms with Gasteiger partial charge in [0, 0.05) is 4.43 Å². The highest BCUT2D eigenvalue weighted by Crippen LogP contribution is 1.95. The van der Waals surface area contributed by atoms with Crippen molar-refractivity contribution in [1.82, 2.24) is 0 Å². The molecule has 2 heteroatoms. The summed E-state index contributed by atoms with van der Waals surface area (Å²) < 4.78 is 0.795. The maximum absolute atomic E-state index is 8.78. The number of alkyl halides is 1. The van der Waals surface area contributed by atoms with Crippen LogP contribution in [-0.2, 0) is 0 Å². The highest BCUT2D eigenvalue weighted by atomic mass is 127. The number of aliphatic hydroxyl groups excluding tert-OH is 1. The van der Waals surface area contributed by atoms with Gasteiger partial charge in [0.2, 0.25) is 0 Å². The van der Waals surface area contributed by atoms with Crippen LogP contribution in [-0.4, -0.2) is 15.6 Å². The predicted molar refractivity (Wildman–Crippen MR) is 39.7 cm³/mol. The Bertz CT molecular complexity index is 54.0. The summed E-state index contributed by atoms with van der Waals surface area (Å²) in [7, 11) is 0. The molecule has 0 aliphatic rings. The van der Waals surface area contributed by atoms with Gasteiger partial charge in [0.15, 0.2) is 0 Å². The fraction of sp³-hybridized carbons (Fsp3) is 0.600. The van der Waals surface area contributed by atoms with Crippen LogP contribution < -0.4 is 0 Å². The van der Waals surface area contributed by atoms with Gasteiger partial charge in [0.05, 0.1) is 6.10 Å². The smallest absolute Gasteiger partial charge is 0.0663 e. The van der Waals surface area contributed by atoms with Gasteiger partial charge in [-0.1, -0.05) is 28.7 Å². The van der Waals surface area contributed by atoms with E-state index in [1.807, 2.05) is 0 Å². The summed E-state index contributed by atoms with van der Waals surface area (Å²) in [4.78, 5) is 0. The summed E-state index contributed by atoms with van der Waals surface area (Å²) in [5.74, 6) is 0. The lowest BCUT2D eigenvalue weighted by molar-refractivity contribution is 0.206. The molecule has 0 aliphatic heterocycles. The van der Waals surface area contributed by atoms with Crippen molar-refractivity contribution in [3.63, 3.8) is 0 Å². The van der Waals surface area contributed by atoms with Crippen molar-refractivity contribution in [2.75, 3.05) is 4.43 Å². The van der Waals surface area contributed by atoms with Gasteiger partial charge in [0.1, 0.15) is 0 Å². The minimum atomic E-state index is -0.182. The van der Waals surface area contributed by atoms with Crippen LogP contribution in [0.15, 0.2) is 12.7 Å². The zero-order chi connectivity index (χ0) is 5.70. The van der Waals surface area contributed by atoms with Crippen molar-refractivity contribution in [3.8, 4) is 0 Å². The van der Waals surface area contributed by atoms with Gasteiger partial charge in [-0.2, -0.15) is 0 Å². The molecule has 0 aromatic heterocycles. The lowest BCUT2D eigenvalue weighted by Gasteiger charge is -1.98. The normalized spacial score (nSPS) is 13.4.